The number of aromatic nitrogens is 2. The highest BCUT2D eigenvalue weighted by atomic mass is 19.4. The molecule has 1 fully saturated rings. The van der Waals surface area contributed by atoms with Gasteiger partial charge in [-0.25, -0.2) is 4.98 Å². The van der Waals surface area contributed by atoms with Crippen molar-refractivity contribution in [3.8, 4) is 5.75 Å². The lowest BCUT2D eigenvalue weighted by Gasteiger charge is -2.35. The van der Waals surface area contributed by atoms with Gasteiger partial charge in [0, 0.05) is 18.9 Å². The SMILES string of the molecule is CCOc1ccc(C2CNC(=O)CN2Cc2ncc[nH]2)cc1C(F)(F)F. The number of hydrogen-bond acceptors (Lipinski definition) is 4. The molecule has 1 amide bonds. The number of H-pyrrole nitrogens is 1. The lowest BCUT2D eigenvalue weighted by atomic mass is 9.99. The van der Waals surface area contributed by atoms with Gasteiger partial charge in [-0.2, -0.15) is 13.2 Å². The molecule has 26 heavy (non-hydrogen) atoms. The van der Waals surface area contributed by atoms with Gasteiger partial charge in [0.15, 0.2) is 0 Å². The number of aromatic amines is 1. The van der Waals surface area contributed by atoms with E-state index < -0.39 is 17.8 Å². The van der Waals surface area contributed by atoms with Gasteiger partial charge >= 0.3 is 6.18 Å². The molecule has 1 unspecified atom stereocenters. The Hall–Kier alpha value is -2.55. The summed E-state index contributed by atoms with van der Waals surface area (Å²) in [5.74, 6) is 0.280. The van der Waals surface area contributed by atoms with Crippen LogP contribution in [0.1, 0.15) is 29.9 Å². The van der Waals surface area contributed by atoms with E-state index in [9.17, 15) is 18.0 Å². The van der Waals surface area contributed by atoms with E-state index in [0.717, 1.165) is 6.07 Å². The Labute approximate surface area is 148 Å². The smallest absolute Gasteiger partial charge is 0.419 e. The number of alkyl halides is 3. The number of rotatable bonds is 5. The summed E-state index contributed by atoms with van der Waals surface area (Å²) in [7, 11) is 0. The molecule has 140 valence electrons. The van der Waals surface area contributed by atoms with Crippen LogP contribution in [0, 0.1) is 0 Å². The van der Waals surface area contributed by atoms with Crippen LogP contribution in [0.3, 0.4) is 0 Å². The number of benzene rings is 1. The summed E-state index contributed by atoms with van der Waals surface area (Å²) in [5, 5.41) is 2.71. The molecule has 1 atom stereocenters. The molecule has 0 radical (unpaired) electrons. The number of ether oxygens (including phenoxy) is 1. The van der Waals surface area contributed by atoms with Crippen LogP contribution in [-0.4, -0.2) is 40.5 Å². The van der Waals surface area contributed by atoms with Crippen LogP contribution in [0.15, 0.2) is 30.6 Å². The molecule has 1 saturated heterocycles. The summed E-state index contributed by atoms with van der Waals surface area (Å²) in [6, 6.07) is 3.65. The number of halogens is 3. The number of nitrogens with one attached hydrogen (secondary N) is 2. The van der Waals surface area contributed by atoms with Crippen LogP contribution in [-0.2, 0) is 17.5 Å². The molecule has 0 aliphatic carbocycles. The molecule has 2 N–H and O–H groups in total. The Kier molecular flexibility index (Phi) is 5.17. The van der Waals surface area contributed by atoms with Crippen LogP contribution in [0.4, 0.5) is 13.2 Å². The Bertz CT molecular complexity index is 762. The van der Waals surface area contributed by atoms with Crippen LogP contribution in [0.2, 0.25) is 0 Å². The zero-order valence-corrected chi connectivity index (χ0v) is 14.1. The van der Waals surface area contributed by atoms with Gasteiger partial charge in [0.25, 0.3) is 0 Å². The second-order valence-electron chi connectivity index (χ2n) is 5.95. The maximum absolute atomic E-state index is 13.4. The maximum atomic E-state index is 13.4. The van der Waals surface area contributed by atoms with Crippen LogP contribution < -0.4 is 10.1 Å². The molecular formula is C17H19F3N4O2. The number of nitrogens with zero attached hydrogens (tertiary/aromatic N) is 2. The molecule has 0 saturated carbocycles. The summed E-state index contributed by atoms with van der Waals surface area (Å²) >= 11 is 0. The second-order valence-corrected chi connectivity index (χ2v) is 5.95. The third kappa shape index (κ3) is 3.98. The standard InChI is InChI=1S/C17H19F3N4O2/c1-2-26-14-4-3-11(7-12(14)17(18,19)20)13-8-23-16(25)10-24(13)9-15-21-5-6-22-15/h3-7,13H,2,8-10H2,1H3,(H,21,22)(H,23,25). The third-order valence-corrected chi connectivity index (χ3v) is 4.18. The number of amides is 1. The average Bonchev–Trinajstić information content (AvgIpc) is 3.08. The molecule has 9 heteroatoms. The van der Waals surface area contributed by atoms with Gasteiger partial charge in [-0.05, 0) is 24.6 Å². The minimum absolute atomic E-state index is 0.0833. The van der Waals surface area contributed by atoms with E-state index in [2.05, 4.69) is 15.3 Å². The van der Waals surface area contributed by atoms with Gasteiger partial charge in [0.05, 0.1) is 31.3 Å². The number of carbonyl (C=O) groups is 1. The van der Waals surface area contributed by atoms with E-state index >= 15 is 0 Å². The van der Waals surface area contributed by atoms with Crippen molar-refractivity contribution in [2.24, 2.45) is 0 Å². The zero-order valence-electron chi connectivity index (χ0n) is 14.1. The van der Waals surface area contributed by atoms with E-state index in [1.165, 1.54) is 6.07 Å². The van der Waals surface area contributed by atoms with Crippen molar-refractivity contribution in [2.75, 3.05) is 19.7 Å². The fourth-order valence-electron chi connectivity index (χ4n) is 3.02. The van der Waals surface area contributed by atoms with Crippen molar-refractivity contribution in [1.29, 1.82) is 0 Å². The fraction of sp³-hybridized carbons (Fsp3) is 0.412. The quantitative estimate of drug-likeness (QED) is 0.851. The van der Waals surface area contributed by atoms with Crippen LogP contribution in [0.5, 0.6) is 5.75 Å². The van der Waals surface area contributed by atoms with Crippen molar-refractivity contribution >= 4 is 5.91 Å². The fourth-order valence-corrected chi connectivity index (χ4v) is 3.02. The van der Waals surface area contributed by atoms with Crippen LogP contribution >= 0.6 is 0 Å². The van der Waals surface area contributed by atoms with Crippen molar-refractivity contribution < 1.29 is 22.7 Å². The third-order valence-electron chi connectivity index (χ3n) is 4.18. The van der Waals surface area contributed by atoms with Gasteiger partial charge in [-0.3, -0.25) is 9.69 Å². The summed E-state index contributed by atoms with van der Waals surface area (Å²) < 4.78 is 45.3. The topological polar surface area (TPSA) is 70.2 Å². The highest BCUT2D eigenvalue weighted by Crippen LogP contribution is 2.38. The summed E-state index contributed by atoms with van der Waals surface area (Å²) in [6.07, 6.45) is -1.27. The Morgan fingerprint density at radius 2 is 2.19 bits per heavy atom. The van der Waals surface area contributed by atoms with E-state index in [0.29, 0.717) is 17.9 Å². The first-order valence-electron chi connectivity index (χ1n) is 8.21. The lowest BCUT2D eigenvalue weighted by Crippen LogP contribution is -2.49. The van der Waals surface area contributed by atoms with Crippen molar-refractivity contribution in [3.05, 3.63) is 47.5 Å². The monoisotopic (exact) mass is 368 g/mol. The summed E-state index contributed by atoms with van der Waals surface area (Å²) in [6.45, 7) is 2.42. The number of hydrogen-bond donors (Lipinski definition) is 2. The Morgan fingerprint density at radius 1 is 1.38 bits per heavy atom. The predicted octanol–water partition coefficient (Wildman–Crippen LogP) is 2.50. The van der Waals surface area contributed by atoms with Crippen LogP contribution in [0.25, 0.3) is 0 Å². The second kappa shape index (κ2) is 7.36. The summed E-state index contributed by atoms with van der Waals surface area (Å²) in [5.41, 5.74) is -0.348. The molecule has 1 aliphatic heterocycles. The summed E-state index contributed by atoms with van der Waals surface area (Å²) in [4.78, 5) is 20.6. The Balaban J connectivity index is 1.93. The maximum Gasteiger partial charge on any atom is 0.419 e. The molecule has 2 heterocycles. The highest BCUT2D eigenvalue weighted by Gasteiger charge is 2.36. The van der Waals surface area contributed by atoms with Gasteiger partial charge < -0.3 is 15.0 Å². The van der Waals surface area contributed by atoms with Gasteiger partial charge in [0.1, 0.15) is 11.6 Å². The lowest BCUT2D eigenvalue weighted by molar-refractivity contribution is -0.139. The minimum Gasteiger partial charge on any atom is -0.493 e. The Morgan fingerprint density at radius 3 is 2.85 bits per heavy atom. The van der Waals surface area contributed by atoms with Gasteiger partial charge in [0.2, 0.25) is 5.91 Å². The zero-order chi connectivity index (χ0) is 18.7. The molecule has 6 nitrogen and oxygen atoms in total. The molecule has 1 aliphatic rings. The van der Waals surface area contributed by atoms with Crippen molar-refractivity contribution in [1.82, 2.24) is 20.2 Å². The molecular weight excluding hydrogens is 349 g/mol. The average molecular weight is 368 g/mol. The number of piperazine rings is 1. The van der Waals surface area contributed by atoms with Gasteiger partial charge in [-0.1, -0.05) is 6.07 Å². The van der Waals surface area contributed by atoms with Gasteiger partial charge in [-0.15, -0.1) is 0 Å². The first kappa shape index (κ1) is 18.2. The first-order chi connectivity index (χ1) is 12.4. The van der Waals surface area contributed by atoms with Crippen molar-refractivity contribution in [2.45, 2.75) is 25.7 Å². The normalized spacial score (nSPS) is 18.6. The van der Waals surface area contributed by atoms with E-state index in [-0.39, 0.29) is 31.4 Å². The van der Waals surface area contributed by atoms with Crippen molar-refractivity contribution in [3.63, 3.8) is 0 Å². The van der Waals surface area contributed by atoms with E-state index in [4.69, 9.17) is 4.74 Å². The molecule has 1 aromatic heterocycles. The highest BCUT2D eigenvalue weighted by molar-refractivity contribution is 5.79. The van der Waals surface area contributed by atoms with E-state index in [1.807, 2.05) is 0 Å². The predicted molar refractivity (Wildman–Crippen MR) is 87.4 cm³/mol. The molecule has 2 aromatic rings. The number of carbonyl (C=O) groups excluding carboxylic acids is 1. The minimum atomic E-state index is -4.52. The molecule has 0 spiro atoms. The number of imidazole rings is 1. The van der Waals surface area contributed by atoms with E-state index in [1.54, 1.807) is 30.3 Å². The first-order valence-corrected chi connectivity index (χ1v) is 8.21. The molecule has 0 bridgehead atoms. The molecule has 3 rings (SSSR count). The molecule has 1 aromatic carbocycles. The largest absolute Gasteiger partial charge is 0.493 e.